The van der Waals surface area contributed by atoms with E-state index >= 15 is 0 Å². The Morgan fingerprint density at radius 3 is 2.00 bits per heavy atom. The fourth-order valence-corrected chi connectivity index (χ4v) is 4.67. The fourth-order valence-electron chi connectivity index (χ4n) is 4.67. The molecule has 2 aliphatic rings. The fraction of sp³-hybridized carbons (Fsp3) is 0.240. The Hall–Kier alpha value is -3.11. The molecular formula is C25H24N2O2. The number of aliphatic hydroxyl groups is 1. The van der Waals surface area contributed by atoms with Gasteiger partial charge in [0, 0.05) is 18.2 Å². The third-order valence-corrected chi connectivity index (χ3v) is 6.08. The van der Waals surface area contributed by atoms with Gasteiger partial charge in [0.25, 0.3) is 5.91 Å². The molecule has 1 amide bonds. The quantitative estimate of drug-likeness (QED) is 0.741. The summed E-state index contributed by atoms with van der Waals surface area (Å²) < 4.78 is 0. The average molecular weight is 384 g/mol. The maximum atomic E-state index is 13.7. The van der Waals surface area contributed by atoms with Crippen molar-refractivity contribution in [2.45, 2.75) is 18.8 Å². The molecule has 0 fully saturated rings. The molecule has 3 aromatic rings. The van der Waals surface area contributed by atoms with Crippen LogP contribution in [0.15, 0.2) is 72.8 Å². The van der Waals surface area contributed by atoms with Gasteiger partial charge in [0.1, 0.15) is 0 Å². The summed E-state index contributed by atoms with van der Waals surface area (Å²) in [5.74, 6) is 0.114. The molecule has 0 radical (unpaired) electrons. The van der Waals surface area contributed by atoms with Crippen LogP contribution in [0.25, 0.3) is 0 Å². The van der Waals surface area contributed by atoms with Crippen LogP contribution in [0.5, 0.6) is 0 Å². The van der Waals surface area contributed by atoms with Crippen LogP contribution < -0.4 is 9.80 Å². The molecule has 146 valence electrons. The van der Waals surface area contributed by atoms with Gasteiger partial charge >= 0.3 is 0 Å². The second kappa shape index (κ2) is 7.37. The SMILES string of the molecule is O=C(CN1CC(CO)c2ccccc21)N1c2ccccc2CCc2ccccc21. The van der Waals surface area contributed by atoms with Gasteiger partial charge in [-0.3, -0.25) is 9.69 Å². The summed E-state index contributed by atoms with van der Waals surface area (Å²) in [6, 6.07) is 24.5. The topological polar surface area (TPSA) is 43.8 Å². The van der Waals surface area contributed by atoms with Crippen LogP contribution in [0.3, 0.4) is 0 Å². The Labute approximate surface area is 171 Å². The first-order valence-electron chi connectivity index (χ1n) is 10.2. The van der Waals surface area contributed by atoms with Gasteiger partial charge in [-0.1, -0.05) is 54.6 Å². The van der Waals surface area contributed by atoms with Gasteiger partial charge in [0.05, 0.1) is 24.5 Å². The first-order chi connectivity index (χ1) is 14.3. The highest BCUT2D eigenvalue weighted by Gasteiger charge is 2.32. The van der Waals surface area contributed by atoms with E-state index in [4.69, 9.17) is 0 Å². The van der Waals surface area contributed by atoms with Crippen molar-refractivity contribution in [1.29, 1.82) is 0 Å². The van der Waals surface area contributed by atoms with Gasteiger partial charge in [-0.05, 0) is 47.7 Å². The Morgan fingerprint density at radius 2 is 1.38 bits per heavy atom. The number of aliphatic hydroxyl groups excluding tert-OH is 1. The summed E-state index contributed by atoms with van der Waals surface area (Å²) in [6.45, 7) is 1.05. The van der Waals surface area contributed by atoms with Crippen LogP contribution >= 0.6 is 0 Å². The van der Waals surface area contributed by atoms with E-state index < -0.39 is 0 Å². The molecule has 0 saturated heterocycles. The Morgan fingerprint density at radius 1 is 0.828 bits per heavy atom. The maximum Gasteiger partial charge on any atom is 0.251 e. The zero-order chi connectivity index (χ0) is 19.8. The molecule has 0 saturated carbocycles. The number of fused-ring (bicyclic) bond motifs is 3. The summed E-state index contributed by atoms with van der Waals surface area (Å²) in [5.41, 5.74) is 6.54. The number of carbonyl (C=O) groups excluding carboxylic acids is 1. The average Bonchev–Trinajstić information content (AvgIpc) is 3.01. The van der Waals surface area contributed by atoms with Crippen molar-refractivity contribution in [3.8, 4) is 0 Å². The van der Waals surface area contributed by atoms with Gasteiger partial charge in [-0.2, -0.15) is 0 Å². The lowest BCUT2D eigenvalue weighted by molar-refractivity contribution is -0.116. The second-order valence-electron chi connectivity index (χ2n) is 7.81. The lowest BCUT2D eigenvalue weighted by Gasteiger charge is -2.28. The number of hydrogen-bond acceptors (Lipinski definition) is 3. The largest absolute Gasteiger partial charge is 0.396 e. The minimum atomic E-state index is 0.0557. The van der Waals surface area contributed by atoms with Crippen LogP contribution in [-0.4, -0.2) is 30.7 Å². The monoisotopic (exact) mass is 384 g/mol. The number of para-hydroxylation sites is 3. The second-order valence-corrected chi connectivity index (χ2v) is 7.81. The molecule has 5 rings (SSSR count). The predicted molar refractivity (Wildman–Crippen MR) is 116 cm³/mol. The number of carbonyl (C=O) groups is 1. The minimum absolute atomic E-state index is 0.0557. The van der Waals surface area contributed by atoms with E-state index in [0.29, 0.717) is 6.54 Å². The molecule has 4 heteroatoms. The molecule has 1 unspecified atom stereocenters. The van der Waals surface area contributed by atoms with Crippen molar-refractivity contribution in [2.24, 2.45) is 0 Å². The van der Waals surface area contributed by atoms with Gasteiger partial charge < -0.3 is 10.0 Å². The maximum absolute atomic E-state index is 13.7. The summed E-state index contributed by atoms with van der Waals surface area (Å²) in [7, 11) is 0. The smallest absolute Gasteiger partial charge is 0.251 e. The van der Waals surface area contributed by atoms with Crippen LogP contribution in [-0.2, 0) is 17.6 Å². The van der Waals surface area contributed by atoms with Crippen LogP contribution in [0.4, 0.5) is 17.1 Å². The van der Waals surface area contributed by atoms with Crippen molar-refractivity contribution >= 4 is 23.0 Å². The number of amides is 1. The van der Waals surface area contributed by atoms with E-state index in [1.54, 1.807) is 0 Å². The molecule has 3 aromatic carbocycles. The summed E-state index contributed by atoms with van der Waals surface area (Å²) in [4.78, 5) is 17.7. The van der Waals surface area contributed by atoms with E-state index in [1.165, 1.54) is 11.1 Å². The van der Waals surface area contributed by atoms with Gasteiger partial charge in [-0.15, -0.1) is 0 Å². The van der Waals surface area contributed by atoms with Crippen LogP contribution in [0.2, 0.25) is 0 Å². The van der Waals surface area contributed by atoms with Gasteiger partial charge in [0.2, 0.25) is 0 Å². The number of anilines is 3. The Kier molecular flexibility index (Phi) is 4.57. The summed E-state index contributed by atoms with van der Waals surface area (Å²) >= 11 is 0. The standard InChI is InChI=1S/C25H24N2O2/c28-17-20-15-26(24-12-6-3-9-21(20)24)16-25(29)27-22-10-4-1-7-18(22)13-14-19-8-2-5-11-23(19)27/h1-12,20,28H,13-17H2. The number of benzene rings is 3. The van der Waals surface area contributed by atoms with E-state index in [-0.39, 0.29) is 25.0 Å². The molecule has 0 bridgehead atoms. The Bertz CT molecular complexity index is 1010. The Balaban J connectivity index is 1.52. The zero-order valence-electron chi connectivity index (χ0n) is 16.3. The molecule has 2 aliphatic heterocycles. The van der Waals surface area contributed by atoms with Crippen molar-refractivity contribution in [3.63, 3.8) is 0 Å². The van der Waals surface area contributed by atoms with E-state index in [1.807, 2.05) is 59.5 Å². The van der Waals surface area contributed by atoms with Gasteiger partial charge in [-0.25, -0.2) is 0 Å². The van der Waals surface area contributed by atoms with Crippen molar-refractivity contribution in [3.05, 3.63) is 89.5 Å². The molecule has 1 atom stereocenters. The van der Waals surface area contributed by atoms with Crippen molar-refractivity contribution in [1.82, 2.24) is 0 Å². The minimum Gasteiger partial charge on any atom is -0.396 e. The summed E-state index contributed by atoms with van der Waals surface area (Å²) in [6.07, 6.45) is 1.85. The highest BCUT2D eigenvalue weighted by Crippen LogP contribution is 2.38. The van der Waals surface area contributed by atoms with E-state index in [0.717, 1.165) is 35.5 Å². The first kappa shape index (κ1) is 18.0. The van der Waals surface area contributed by atoms with E-state index in [2.05, 4.69) is 23.1 Å². The van der Waals surface area contributed by atoms with Crippen LogP contribution in [0, 0.1) is 0 Å². The number of rotatable bonds is 3. The van der Waals surface area contributed by atoms with E-state index in [9.17, 15) is 9.90 Å². The van der Waals surface area contributed by atoms with Crippen molar-refractivity contribution in [2.75, 3.05) is 29.5 Å². The molecule has 1 N–H and O–H groups in total. The lowest BCUT2D eigenvalue weighted by atomic mass is 10.0. The molecule has 0 aliphatic carbocycles. The molecular weight excluding hydrogens is 360 g/mol. The first-order valence-corrected chi connectivity index (χ1v) is 10.2. The normalized spacial score (nSPS) is 17.3. The lowest BCUT2D eigenvalue weighted by Crippen LogP contribution is -2.38. The number of aryl methyl sites for hydroxylation is 2. The summed E-state index contributed by atoms with van der Waals surface area (Å²) in [5, 5.41) is 9.79. The molecule has 2 heterocycles. The zero-order valence-corrected chi connectivity index (χ0v) is 16.3. The van der Waals surface area contributed by atoms with Crippen LogP contribution in [0.1, 0.15) is 22.6 Å². The highest BCUT2D eigenvalue weighted by atomic mass is 16.3. The third kappa shape index (κ3) is 3.10. The molecule has 0 aromatic heterocycles. The number of hydrogen-bond donors (Lipinski definition) is 1. The molecule has 29 heavy (non-hydrogen) atoms. The van der Waals surface area contributed by atoms with Crippen molar-refractivity contribution < 1.29 is 9.90 Å². The molecule has 0 spiro atoms. The highest BCUT2D eigenvalue weighted by molar-refractivity contribution is 6.04. The third-order valence-electron chi connectivity index (χ3n) is 6.08. The number of nitrogens with zero attached hydrogens (tertiary/aromatic N) is 2. The van der Waals surface area contributed by atoms with Gasteiger partial charge in [0.15, 0.2) is 0 Å². The molecule has 4 nitrogen and oxygen atoms in total. The predicted octanol–water partition coefficient (Wildman–Crippen LogP) is 4.05.